The van der Waals surface area contributed by atoms with E-state index in [0.29, 0.717) is 0 Å². The molecule has 1 atom stereocenters. The Labute approximate surface area is 125 Å². The van der Waals surface area contributed by atoms with E-state index < -0.39 is 0 Å². The third kappa shape index (κ3) is 2.40. The summed E-state index contributed by atoms with van der Waals surface area (Å²) < 4.78 is 0. The van der Waals surface area contributed by atoms with Crippen LogP contribution in [-0.2, 0) is 5.41 Å². The predicted octanol–water partition coefficient (Wildman–Crippen LogP) is 4.36. The number of benzene rings is 1. The number of nitrogens with zero attached hydrogens (tertiary/aromatic N) is 1. The van der Waals surface area contributed by atoms with Crippen molar-refractivity contribution in [3.05, 3.63) is 41.4 Å². The molecular weight excluding hydrogens is 264 g/mol. The van der Waals surface area contributed by atoms with Crippen LogP contribution in [0.2, 0.25) is 0 Å². The van der Waals surface area contributed by atoms with Crippen LogP contribution in [0.4, 0.5) is 0 Å². The minimum atomic E-state index is 0.180. The summed E-state index contributed by atoms with van der Waals surface area (Å²) >= 11 is 1.69. The van der Waals surface area contributed by atoms with Gasteiger partial charge in [-0.15, -0.1) is 11.3 Å². The Kier molecular flexibility index (Phi) is 3.90. The molecule has 3 rings (SSSR count). The number of hydrogen-bond donors (Lipinski definition) is 1. The standard InChI is InChI=1S/C17H22N2S/c1-13(18)17(9-3-2-4-10-17)15-7-5-14(6-8-15)16-19-11-12-20-16/h5-8,11-13H,2-4,9-10,18H2,1H3. The van der Waals surface area contributed by atoms with Gasteiger partial charge in [0, 0.05) is 28.6 Å². The zero-order valence-electron chi connectivity index (χ0n) is 12.0. The molecule has 1 fully saturated rings. The first-order valence-electron chi connectivity index (χ1n) is 7.48. The lowest BCUT2D eigenvalue weighted by Gasteiger charge is -2.41. The molecule has 2 nitrogen and oxygen atoms in total. The van der Waals surface area contributed by atoms with Gasteiger partial charge in [0.2, 0.25) is 0 Å². The molecule has 0 bridgehead atoms. The van der Waals surface area contributed by atoms with E-state index in [4.69, 9.17) is 5.73 Å². The highest BCUT2D eigenvalue weighted by atomic mass is 32.1. The second kappa shape index (κ2) is 5.66. The van der Waals surface area contributed by atoms with Crippen LogP contribution in [0.15, 0.2) is 35.8 Å². The van der Waals surface area contributed by atoms with Gasteiger partial charge in [-0.1, -0.05) is 43.5 Å². The molecule has 20 heavy (non-hydrogen) atoms. The minimum Gasteiger partial charge on any atom is -0.327 e. The molecule has 1 aromatic heterocycles. The number of rotatable bonds is 3. The highest BCUT2D eigenvalue weighted by Gasteiger charge is 2.37. The summed E-state index contributed by atoms with van der Waals surface area (Å²) in [6.07, 6.45) is 8.26. The van der Waals surface area contributed by atoms with Crippen molar-refractivity contribution in [2.45, 2.75) is 50.5 Å². The third-order valence-corrected chi connectivity index (χ3v) is 5.58. The maximum atomic E-state index is 6.36. The Morgan fingerprint density at radius 2 is 1.85 bits per heavy atom. The monoisotopic (exact) mass is 286 g/mol. The summed E-state index contributed by atoms with van der Waals surface area (Å²) in [5, 5.41) is 3.11. The molecule has 1 aliphatic carbocycles. The molecule has 1 aliphatic rings. The van der Waals surface area contributed by atoms with Crippen molar-refractivity contribution in [1.29, 1.82) is 0 Å². The topological polar surface area (TPSA) is 38.9 Å². The molecule has 0 aliphatic heterocycles. The summed E-state index contributed by atoms with van der Waals surface area (Å²) in [6, 6.07) is 9.16. The van der Waals surface area contributed by atoms with E-state index in [1.165, 1.54) is 43.2 Å². The van der Waals surface area contributed by atoms with E-state index in [1.807, 2.05) is 11.6 Å². The fraction of sp³-hybridized carbons (Fsp3) is 0.471. The molecule has 0 amide bonds. The first-order valence-corrected chi connectivity index (χ1v) is 8.36. The molecule has 1 heterocycles. The van der Waals surface area contributed by atoms with Gasteiger partial charge < -0.3 is 5.73 Å². The van der Waals surface area contributed by atoms with E-state index >= 15 is 0 Å². The van der Waals surface area contributed by atoms with Gasteiger partial charge in [0.15, 0.2) is 0 Å². The van der Waals surface area contributed by atoms with Crippen LogP contribution in [0.1, 0.15) is 44.6 Å². The van der Waals surface area contributed by atoms with Gasteiger partial charge in [-0.05, 0) is 25.3 Å². The van der Waals surface area contributed by atoms with Crippen molar-refractivity contribution in [1.82, 2.24) is 4.98 Å². The molecule has 0 radical (unpaired) electrons. The van der Waals surface area contributed by atoms with E-state index in [1.54, 1.807) is 11.3 Å². The maximum absolute atomic E-state index is 6.36. The summed E-state index contributed by atoms with van der Waals surface area (Å²) in [4.78, 5) is 4.37. The van der Waals surface area contributed by atoms with Crippen LogP contribution < -0.4 is 5.73 Å². The van der Waals surface area contributed by atoms with E-state index in [0.717, 1.165) is 5.01 Å². The van der Waals surface area contributed by atoms with Crippen LogP contribution in [0.5, 0.6) is 0 Å². The normalized spacial score (nSPS) is 19.7. The van der Waals surface area contributed by atoms with Gasteiger partial charge in [-0.2, -0.15) is 0 Å². The van der Waals surface area contributed by atoms with Crippen LogP contribution in [0, 0.1) is 0 Å². The number of thiazole rings is 1. The van der Waals surface area contributed by atoms with Crippen LogP contribution in [0.3, 0.4) is 0 Å². The average Bonchev–Trinajstić information content (AvgIpc) is 3.02. The fourth-order valence-electron chi connectivity index (χ4n) is 3.50. The zero-order chi connectivity index (χ0) is 14.0. The van der Waals surface area contributed by atoms with Gasteiger partial charge in [-0.3, -0.25) is 0 Å². The molecule has 1 unspecified atom stereocenters. The van der Waals surface area contributed by atoms with Crippen molar-refractivity contribution in [2.24, 2.45) is 5.73 Å². The number of hydrogen-bond acceptors (Lipinski definition) is 3. The van der Waals surface area contributed by atoms with E-state index in [2.05, 4.69) is 36.2 Å². The largest absolute Gasteiger partial charge is 0.327 e. The van der Waals surface area contributed by atoms with Crippen molar-refractivity contribution < 1.29 is 0 Å². The Hall–Kier alpha value is -1.19. The van der Waals surface area contributed by atoms with Crippen molar-refractivity contribution in [3.63, 3.8) is 0 Å². The molecule has 2 aromatic rings. The summed E-state index contributed by atoms with van der Waals surface area (Å²) in [7, 11) is 0. The molecule has 1 aromatic carbocycles. The van der Waals surface area contributed by atoms with Gasteiger partial charge in [0.05, 0.1) is 0 Å². The Bertz CT molecular complexity index is 537. The van der Waals surface area contributed by atoms with Crippen molar-refractivity contribution in [3.8, 4) is 10.6 Å². The van der Waals surface area contributed by atoms with Crippen LogP contribution in [-0.4, -0.2) is 11.0 Å². The molecule has 106 valence electrons. The first kappa shape index (κ1) is 13.8. The third-order valence-electron chi connectivity index (χ3n) is 4.76. The average molecular weight is 286 g/mol. The fourth-order valence-corrected chi connectivity index (χ4v) is 4.14. The highest BCUT2D eigenvalue weighted by Crippen LogP contribution is 2.42. The minimum absolute atomic E-state index is 0.180. The van der Waals surface area contributed by atoms with Crippen LogP contribution >= 0.6 is 11.3 Å². The summed E-state index contributed by atoms with van der Waals surface area (Å²) in [5.74, 6) is 0. The smallest absolute Gasteiger partial charge is 0.123 e. The maximum Gasteiger partial charge on any atom is 0.123 e. The number of nitrogens with two attached hydrogens (primary N) is 1. The molecule has 0 spiro atoms. The van der Waals surface area contributed by atoms with Crippen molar-refractivity contribution in [2.75, 3.05) is 0 Å². The predicted molar refractivity (Wildman–Crippen MR) is 86.0 cm³/mol. The molecule has 3 heteroatoms. The van der Waals surface area contributed by atoms with Gasteiger partial charge >= 0.3 is 0 Å². The Morgan fingerprint density at radius 1 is 1.15 bits per heavy atom. The SMILES string of the molecule is CC(N)C1(c2ccc(-c3nccs3)cc2)CCCCC1. The Morgan fingerprint density at radius 3 is 2.40 bits per heavy atom. The quantitative estimate of drug-likeness (QED) is 0.910. The van der Waals surface area contributed by atoms with Gasteiger partial charge in [0.25, 0.3) is 0 Å². The lowest BCUT2D eigenvalue weighted by atomic mass is 9.65. The van der Waals surface area contributed by atoms with E-state index in [-0.39, 0.29) is 11.5 Å². The molecule has 2 N–H and O–H groups in total. The molecule has 1 saturated carbocycles. The second-order valence-corrected chi connectivity index (χ2v) is 6.81. The van der Waals surface area contributed by atoms with E-state index in [9.17, 15) is 0 Å². The lowest BCUT2D eigenvalue weighted by Crippen LogP contribution is -2.44. The van der Waals surface area contributed by atoms with Crippen molar-refractivity contribution >= 4 is 11.3 Å². The van der Waals surface area contributed by atoms with Crippen LogP contribution in [0.25, 0.3) is 10.6 Å². The highest BCUT2D eigenvalue weighted by molar-refractivity contribution is 7.13. The second-order valence-electron chi connectivity index (χ2n) is 5.92. The number of aromatic nitrogens is 1. The Balaban J connectivity index is 1.92. The first-order chi connectivity index (χ1) is 9.72. The van der Waals surface area contributed by atoms with Gasteiger partial charge in [-0.25, -0.2) is 4.98 Å². The zero-order valence-corrected chi connectivity index (χ0v) is 12.8. The lowest BCUT2D eigenvalue weighted by molar-refractivity contribution is 0.252. The molecule has 0 saturated heterocycles. The molecular formula is C17H22N2S. The van der Waals surface area contributed by atoms with Gasteiger partial charge in [0.1, 0.15) is 5.01 Å². The summed E-state index contributed by atoms with van der Waals surface area (Å²) in [5.41, 5.74) is 9.15. The summed E-state index contributed by atoms with van der Waals surface area (Å²) in [6.45, 7) is 2.17.